The first-order valence-corrected chi connectivity index (χ1v) is 7.09. The normalized spacial score (nSPS) is 17.8. The van der Waals surface area contributed by atoms with E-state index in [0.717, 1.165) is 25.1 Å². The molecule has 1 aliphatic rings. The van der Waals surface area contributed by atoms with Crippen LogP contribution in [0.2, 0.25) is 0 Å². The van der Waals surface area contributed by atoms with Gasteiger partial charge in [-0.25, -0.2) is 4.68 Å². The van der Waals surface area contributed by atoms with Crippen LogP contribution in [0.4, 0.5) is 0 Å². The van der Waals surface area contributed by atoms with Gasteiger partial charge in [-0.05, 0) is 31.5 Å². The zero-order valence-electron chi connectivity index (χ0n) is 11.6. The van der Waals surface area contributed by atoms with E-state index in [1.807, 2.05) is 30.3 Å². The molecule has 1 fully saturated rings. The summed E-state index contributed by atoms with van der Waals surface area (Å²) in [6.45, 7) is 1.55. The Labute approximate surface area is 122 Å². The van der Waals surface area contributed by atoms with Gasteiger partial charge in [0.25, 0.3) is 5.91 Å². The number of nitrogens with zero attached hydrogens (tertiary/aromatic N) is 2. The molecule has 1 amide bonds. The summed E-state index contributed by atoms with van der Waals surface area (Å²) in [4.78, 5) is 12.1. The maximum Gasteiger partial charge on any atom is 0.275 e. The minimum atomic E-state index is -0.351. The number of nitrogens with one attached hydrogen (secondary N) is 2. The maximum absolute atomic E-state index is 12.1. The lowest BCUT2D eigenvalue weighted by atomic mass is 10.2. The lowest BCUT2D eigenvalue weighted by Gasteiger charge is -2.10. The van der Waals surface area contributed by atoms with Gasteiger partial charge in [0.1, 0.15) is 0 Å². The number of amides is 1. The van der Waals surface area contributed by atoms with E-state index < -0.39 is 0 Å². The molecule has 0 aliphatic carbocycles. The van der Waals surface area contributed by atoms with Gasteiger partial charge in [-0.3, -0.25) is 4.79 Å². The molecule has 110 valence electrons. The summed E-state index contributed by atoms with van der Waals surface area (Å²) in [6, 6.07) is 9.67. The molecule has 2 aromatic rings. The standard InChI is InChI=1S/C15H18N4O2/c20-13-10-19(12-6-2-1-3-7-12)18-14(13)15(21)17-9-11-5-4-8-16-11/h1-3,6-7,10-11,16,20H,4-5,8-9H2,(H,17,21). The number of hydrogen-bond donors (Lipinski definition) is 3. The molecule has 0 saturated carbocycles. The summed E-state index contributed by atoms with van der Waals surface area (Å²) in [5.41, 5.74) is 0.848. The second-order valence-electron chi connectivity index (χ2n) is 5.15. The Morgan fingerprint density at radius 3 is 2.95 bits per heavy atom. The number of aromatic hydroxyl groups is 1. The summed E-state index contributed by atoms with van der Waals surface area (Å²) >= 11 is 0. The topological polar surface area (TPSA) is 79.2 Å². The third-order valence-corrected chi connectivity index (χ3v) is 3.60. The molecule has 1 unspecified atom stereocenters. The number of aromatic nitrogens is 2. The molecular weight excluding hydrogens is 268 g/mol. The van der Waals surface area contributed by atoms with Crippen molar-refractivity contribution in [2.75, 3.05) is 13.1 Å². The second kappa shape index (κ2) is 5.97. The van der Waals surface area contributed by atoms with Crippen LogP contribution in [0.15, 0.2) is 36.5 Å². The Balaban J connectivity index is 1.70. The Morgan fingerprint density at radius 1 is 1.43 bits per heavy atom. The van der Waals surface area contributed by atoms with Crippen molar-refractivity contribution in [3.63, 3.8) is 0 Å². The lowest BCUT2D eigenvalue weighted by molar-refractivity contribution is 0.0942. The molecule has 1 aromatic carbocycles. The molecule has 3 rings (SSSR count). The van der Waals surface area contributed by atoms with Crippen molar-refractivity contribution in [1.29, 1.82) is 0 Å². The van der Waals surface area contributed by atoms with Crippen LogP contribution in [0.3, 0.4) is 0 Å². The largest absolute Gasteiger partial charge is 0.504 e. The quantitative estimate of drug-likeness (QED) is 0.785. The van der Waals surface area contributed by atoms with Crippen molar-refractivity contribution in [2.24, 2.45) is 0 Å². The van der Waals surface area contributed by atoms with Gasteiger partial charge in [0.05, 0.1) is 11.9 Å². The number of hydrogen-bond acceptors (Lipinski definition) is 4. The minimum absolute atomic E-state index is 0.0526. The third kappa shape index (κ3) is 3.05. The van der Waals surface area contributed by atoms with E-state index in [2.05, 4.69) is 15.7 Å². The molecule has 6 heteroatoms. The Hall–Kier alpha value is -2.34. The van der Waals surface area contributed by atoms with Gasteiger partial charge < -0.3 is 15.7 Å². The van der Waals surface area contributed by atoms with Gasteiger partial charge in [0.2, 0.25) is 0 Å². The average molecular weight is 286 g/mol. The van der Waals surface area contributed by atoms with Crippen molar-refractivity contribution in [3.8, 4) is 11.4 Å². The Bertz CT molecular complexity index is 618. The highest BCUT2D eigenvalue weighted by Gasteiger charge is 2.19. The van der Waals surface area contributed by atoms with Gasteiger partial charge in [-0.1, -0.05) is 18.2 Å². The summed E-state index contributed by atoms with van der Waals surface area (Å²) in [5, 5.41) is 20.2. The first kappa shape index (κ1) is 13.6. The van der Waals surface area contributed by atoms with E-state index >= 15 is 0 Å². The summed E-state index contributed by atoms with van der Waals surface area (Å²) in [6.07, 6.45) is 3.64. The van der Waals surface area contributed by atoms with E-state index in [1.165, 1.54) is 10.9 Å². The van der Waals surface area contributed by atoms with E-state index in [0.29, 0.717) is 12.6 Å². The number of benzene rings is 1. The molecular formula is C15H18N4O2. The van der Waals surface area contributed by atoms with E-state index in [-0.39, 0.29) is 17.4 Å². The first-order chi connectivity index (χ1) is 10.2. The van der Waals surface area contributed by atoms with Crippen LogP contribution >= 0.6 is 0 Å². The van der Waals surface area contributed by atoms with Crippen LogP contribution in [0.1, 0.15) is 23.3 Å². The minimum Gasteiger partial charge on any atom is -0.504 e. The number of rotatable bonds is 4. The molecule has 1 aliphatic heterocycles. The van der Waals surface area contributed by atoms with Gasteiger partial charge in [0, 0.05) is 12.6 Å². The molecule has 1 atom stereocenters. The molecule has 2 heterocycles. The van der Waals surface area contributed by atoms with Crippen molar-refractivity contribution >= 4 is 5.91 Å². The molecule has 1 aromatic heterocycles. The lowest BCUT2D eigenvalue weighted by Crippen LogP contribution is -2.37. The summed E-state index contributed by atoms with van der Waals surface area (Å²) in [5.74, 6) is -0.466. The average Bonchev–Trinajstić information content (AvgIpc) is 3.15. The molecule has 6 nitrogen and oxygen atoms in total. The van der Waals surface area contributed by atoms with Crippen LogP contribution in [0.5, 0.6) is 5.75 Å². The van der Waals surface area contributed by atoms with Gasteiger partial charge in [0.15, 0.2) is 11.4 Å². The van der Waals surface area contributed by atoms with Crippen molar-refractivity contribution in [2.45, 2.75) is 18.9 Å². The molecule has 0 bridgehead atoms. The van der Waals surface area contributed by atoms with Crippen LogP contribution in [0, 0.1) is 0 Å². The van der Waals surface area contributed by atoms with Crippen LogP contribution < -0.4 is 10.6 Å². The van der Waals surface area contributed by atoms with Gasteiger partial charge >= 0.3 is 0 Å². The number of carbonyl (C=O) groups excluding carboxylic acids is 1. The van der Waals surface area contributed by atoms with Crippen molar-refractivity contribution < 1.29 is 9.90 Å². The fraction of sp³-hybridized carbons (Fsp3) is 0.333. The highest BCUT2D eigenvalue weighted by molar-refractivity contribution is 5.94. The number of para-hydroxylation sites is 1. The first-order valence-electron chi connectivity index (χ1n) is 7.09. The number of carbonyl (C=O) groups is 1. The van der Waals surface area contributed by atoms with Crippen LogP contribution in [0.25, 0.3) is 5.69 Å². The molecule has 0 radical (unpaired) electrons. The zero-order chi connectivity index (χ0) is 14.7. The Morgan fingerprint density at radius 2 is 2.24 bits per heavy atom. The molecule has 0 spiro atoms. The highest BCUT2D eigenvalue weighted by atomic mass is 16.3. The van der Waals surface area contributed by atoms with Gasteiger partial charge in [-0.15, -0.1) is 0 Å². The monoisotopic (exact) mass is 286 g/mol. The zero-order valence-corrected chi connectivity index (χ0v) is 11.6. The predicted molar refractivity (Wildman–Crippen MR) is 78.6 cm³/mol. The third-order valence-electron chi connectivity index (χ3n) is 3.60. The summed E-state index contributed by atoms with van der Waals surface area (Å²) in [7, 11) is 0. The maximum atomic E-state index is 12.1. The van der Waals surface area contributed by atoms with E-state index in [4.69, 9.17) is 0 Å². The van der Waals surface area contributed by atoms with Crippen molar-refractivity contribution in [3.05, 3.63) is 42.2 Å². The fourth-order valence-electron chi connectivity index (χ4n) is 2.47. The molecule has 3 N–H and O–H groups in total. The van der Waals surface area contributed by atoms with E-state index in [9.17, 15) is 9.90 Å². The van der Waals surface area contributed by atoms with Gasteiger partial charge in [-0.2, -0.15) is 5.10 Å². The van der Waals surface area contributed by atoms with Crippen LogP contribution in [-0.2, 0) is 0 Å². The fourth-order valence-corrected chi connectivity index (χ4v) is 2.47. The Kier molecular flexibility index (Phi) is 3.87. The van der Waals surface area contributed by atoms with E-state index in [1.54, 1.807) is 0 Å². The molecule has 1 saturated heterocycles. The van der Waals surface area contributed by atoms with Crippen molar-refractivity contribution in [1.82, 2.24) is 20.4 Å². The summed E-state index contributed by atoms with van der Waals surface area (Å²) < 4.78 is 1.50. The SMILES string of the molecule is O=C(NCC1CCCN1)c1nn(-c2ccccc2)cc1O. The highest BCUT2D eigenvalue weighted by Crippen LogP contribution is 2.18. The predicted octanol–water partition coefficient (Wildman–Crippen LogP) is 1.06. The molecule has 21 heavy (non-hydrogen) atoms. The second-order valence-corrected chi connectivity index (χ2v) is 5.15. The smallest absolute Gasteiger partial charge is 0.275 e. The van der Waals surface area contributed by atoms with Crippen LogP contribution in [-0.4, -0.2) is 39.9 Å².